The van der Waals surface area contributed by atoms with Crippen molar-refractivity contribution in [2.45, 2.75) is 65.4 Å². The molecule has 0 radical (unpaired) electrons. The molecule has 148 valence electrons. The third-order valence-electron chi connectivity index (χ3n) is 5.09. The average molecular weight is 368 g/mol. The van der Waals surface area contributed by atoms with Crippen molar-refractivity contribution < 1.29 is 23.9 Å². The van der Waals surface area contributed by atoms with Crippen LogP contribution in [-0.4, -0.2) is 66.2 Å². The molecule has 0 atom stereocenters. The average Bonchev–Trinajstić information content (AvgIpc) is 2.54. The number of nitrogens with zero attached hydrogens (tertiary/aromatic N) is 2. The number of ether oxygens (including phenoxy) is 2. The van der Waals surface area contributed by atoms with Gasteiger partial charge in [0.25, 0.3) is 0 Å². The Kier molecular flexibility index (Phi) is 6.53. The molecule has 0 saturated carbocycles. The lowest BCUT2D eigenvalue weighted by Gasteiger charge is -2.47. The lowest BCUT2D eigenvalue weighted by Crippen LogP contribution is -2.52. The van der Waals surface area contributed by atoms with E-state index < -0.39 is 11.6 Å². The summed E-state index contributed by atoms with van der Waals surface area (Å²) in [4.78, 5) is 39.7. The number of esters is 1. The van der Waals surface area contributed by atoms with Crippen LogP contribution in [-0.2, 0) is 19.1 Å². The number of hydrogen-bond donors (Lipinski definition) is 0. The van der Waals surface area contributed by atoms with Crippen LogP contribution in [0.3, 0.4) is 0 Å². The minimum Gasteiger partial charge on any atom is -0.466 e. The number of carbonyl (C=O) groups excluding carboxylic acids is 3. The number of likely N-dealkylation sites (tertiary alicyclic amines) is 2. The molecule has 2 aliphatic rings. The second-order valence-corrected chi connectivity index (χ2v) is 8.37. The maximum absolute atomic E-state index is 12.4. The van der Waals surface area contributed by atoms with Crippen LogP contribution >= 0.6 is 0 Å². The van der Waals surface area contributed by atoms with Crippen molar-refractivity contribution in [1.29, 1.82) is 0 Å². The predicted octanol–water partition coefficient (Wildman–Crippen LogP) is 2.58. The highest BCUT2D eigenvalue weighted by Crippen LogP contribution is 2.40. The van der Waals surface area contributed by atoms with Crippen LogP contribution in [0.25, 0.3) is 0 Å². The third kappa shape index (κ3) is 5.61. The van der Waals surface area contributed by atoms with Gasteiger partial charge in [0.05, 0.1) is 6.61 Å². The number of amides is 2. The Hall–Kier alpha value is -1.79. The minimum absolute atomic E-state index is 0.0515. The number of rotatable bonds is 3. The molecule has 2 amide bonds. The first-order valence-corrected chi connectivity index (χ1v) is 9.55. The summed E-state index contributed by atoms with van der Waals surface area (Å²) in [5.41, 5.74) is -0.444. The molecule has 2 fully saturated rings. The van der Waals surface area contributed by atoms with Crippen LogP contribution in [0.1, 0.15) is 59.8 Å². The van der Waals surface area contributed by atoms with E-state index in [4.69, 9.17) is 9.47 Å². The molecular formula is C19H32N2O5. The van der Waals surface area contributed by atoms with Gasteiger partial charge in [0.15, 0.2) is 0 Å². The van der Waals surface area contributed by atoms with Crippen molar-refractivity contribution in [2.75, 3.05) is 32.8 Å². The van der Waals surface area contributed by atoms with Gasteiger partial charge in [-0.15, -0.1) is 0 Å². The molecule has 0 unspecified atom stereocenters. The maximum atomic E-state index is 12.4. The van der Waals surface area contributed by atoms with Gasteiger partial charge in [-0.2, -0.15) is 0 Å². The number of carbonyl (C=O) groups is 3. The Bertz CT molecular complexity index is 533. The van der Waals surface area contributed by atoms with Gasteiger partial charge in [-0.1, -0.05) is 0 Å². The summed E-state index contributed by atoms with van der Waals surface area (Å²) >= 11 is 0. The Morgan fingerprint density at radius 3 is 2.23 bits per heavy atom. The molecule has 7 heteroatoms. The van der Waals surface area contributed by atoms with E-state index in [0.29, 0.717) is 19.6 Å². The summed E-state index contributed by atoms with van der Waals surface area (Å²) in [5, 5.41) is 0. The first kappa shape index (κ1) is 20.5. The lowest BCUT2D eigenvalue weighted by molar-refractivity contribution is -0.149. The summed E-state index contributed by atoms with van der Waals surface area (Å²) in [5.74, 6) is -0.635. The molecule has 7 nitrogen and oxygen atoms in total. The summed E-state index contributed by atoms with van der Waals surface area (Å²) in [6.45, 7) is 10.3. The lowest BCUT2D eigenvalue weighted by atomic mass is 9.72. The highest BCUT2D eigenvalue weighted by atomic mass is 16.6. The van der Waals surface area contributed by atoms with Gasteiger partial charge >= 0.3 is 12.1 Å². The quantitative estimate of drug-likeness (QED) is 0.565. The Balaban J connectivity index is 1.88. The second kappa shape index (κ2) is 8.27. The molecular weight excluding hydrogens is 336 g/mol. The van der Waals surface area contributed by atoms with Crippen molar-refractivity contribution in [3.05, 3.63) is 0 Å². The molecule has 0 aliphatic carbocycles. The van der Waals surface area contributed by atoms with Crippen LogP contribution in [0.5, 0.6) is 0 Å². The van der Waals surface area contributed by atoms with Gasteiger partial charge in [-0.25, -0.2) is 4.79 Å². The van der Waals surface area contributed by atoms with E-state index in [1.165, 1.54) is 0 Å². The van der Waals surface area contributed by atoms with Crippen molar-refractivity contribution >= 4 is 18.0 Å². The zero-order valence-electron chi connectivity index (χ0n) is 16.5. The van der Waals surface area contributed by atoms with Gasteiger partial charge in [0, 0.05) is 26.2 Å². The number of piperidine rings is 2. The molecule has 2 aliphatic heterocycles. The molecule has 0 N–H and O–H groups in total. The van der Waals surface area contributed by atoms with E-state index in [1.54, 1.807) is 11.8 Å². The Morgan fingerprint density at radius 1 is 1.00 bits per heavy atom. The molecule has 0 aromatic carbocycles. The maximum Gasteiger partial charge on any atom is 0.410 e. The van der Waals surface area contributed by atoms with E-state index in [9.17, 15) is 14.4 Å². The fraction of sp³-hybridized carbons (Fsp3) is 0.842. The molecule has 0 bridgehead atoms. The smallest absolute Gasteiger partial charge is 0.410 e. The highest BCUT2D eigenvalue weighted by Gasteiger charge is 2.41. The van der Waals surface area contributed by atoms with E-state index in [1.807, 2.05) is 25.7 Å². The van der Waals surface area contributed by atoms with Gasteiger partial charge in [-0.05, 0) is 58.8 Å². The fourth-order valence-electron chi connectivity index (χ4n) is 3.78. The second-order valence-electron chi connectivity index (χ2n) is 8.37. The minimum atomic E-state index is -0.495. The van der Waals surface area contributed by atoms with Crippen molar-refractivity contribution in [3.63, 3.8) is 0 Å². The SMILES string of the molecule is CCOC(=O)CC(=O)N1CCC2(CCCN(C(=O)OC(C)(C)C)C2)CC1. The Labute approximate surface area is 156 Å². The van der Waals surface area contributed by atoms with E-state index in [-0.39, 0.29) is 30.4 Å². The largest absolute Gasteiger partial charge is 0.466 e. The molecule has 1 spiro atoms. The van der Waals surface area contributed by atoms with Crippen molar-refractivity contribution in [2.24, 2.45) is 5.41 Å². The first-order chi connectivity index (χ1) is 12.1. The highest BCUT2D eigenvalue weighted by molar-refractivity contribution is 5.94. The third-order valence-corrected chi connectivity index (χ3v) is 5.09. The monoisotopic (exact) mass is 368 g/mol. The fourth-order valence-corrected chi connectivity index (χ4v) is 3.78. The standard InChI is InChI=1S/C19H32N2O5/c1-5-25-16(23)13-15(22)20-11-8-19(9-12-20)7-6-10-21(14-19)17(24)26-18(2,3)4/h5-14H2,1-4H3. The normalized spacial score (nSPS) is 20.0. The molecule has 0 aromatic rings. The van der Waals surface area contributed by atoms with Crippen LogP contribution < -0.4 is 0 Å². The van der Waals surface area contributed by atoms with E-state index >= 15 is 0 Å². The predicted molar refractivity (Wildman–Crippen MR) is 96.5 cm³/mol. The zero-order chi connectivity index (χ0) is 19.4. The summed E-state index contributed by atoms with van der Waals surface area (Å²) in [6, 6.07) is 0. The zero-order valence-corrected chi connectivity index (χ0v) is 16.5. The Morgan fingerprint density at radius 2 is 1.65 bits per heavy atom. The van der Waals surface area contributed by atoms with Crippen LogP contribution in [0.4, 0.5) is 4.79 Å². The van der Waals surface area contributed by atoms with Crippen LogP contribution in [0.15, 0.2) is 0 Å². The van der Waals surface area contributed by atoms with E-state index in [0.717, 1.165) is 32.2 Å². The summed E-state index contributed by atoms with van der Waals surface area (Å²) in [7, 11) is 0. The topological polar surface area (TPSA) is 76.2 Å². The summed E-state index contributed by atoms with van der Waals surface area (Å²) in [6.07, 6.45) is 3.27. The van der Waals surface area contributed by atoms with Crippen molar-refractivity contribution in [1.82, 2.24) is 9.80 Å². The van der Waals surface area contributed by atoms with Gasteiger partial charge in [-0.3, -0.25) is 9.59 Å². The van der Waals surface area contributed by atoms with Gasteiger partial charge in [0.2, 0.25) is 5.91 Å². The first-order valence-electron chi connectivity index (χ1n) is 9.55. The van der Waals surface area contributed by atoms with E-state index in [2.05, 4.69) is 0 Å². The number of hydrogen-bond acceptors (Lipinski definition) is 5. The molecule has 2 rings (SSSR count). The molecule has 0 aromatic heterocycles. The molecule has 26 heavy (non-hydrogen) atoms. The van der Waals surface area contributed by atoms with Crippen LogP contribution in [0.2, 0.25) is 0 Å². The molecule has 2 saturated heterocycles. The van der Waals surface area contributed by atoms with Gasteiger partial charge in [0.1, 0.15) is 12.0 Å². The molecule has 2 heterocycles. The van der Waals surface area contributed by atoms with Crippen LogP contribution in [0, 0.1) is 5.41 Å². The van der Waals surface area contributed by atoms with Crippen molar-refractivity contribution in [3.8, 4) is 0 Å². The summed E-state index contributed by atoms with van der Waals surface area (Å²) < 4.78 is 10.4. The van der Waals surface area contributed by atoms with Gasteiger partial charge < -0.3 is 19.3 Å².